The number of aromatic nitrogens is 1. The third-order valence-corrected chi connectivity index (χ3v) is 2.12. The van der Waals surface area contributed by atoms with Crippen molar-refractivity contribution in [1.82, 2.24) is 4.98 Å². The van der Waals surface area contributed by atoms with Crippen molar-refractivity contribution in [2.24, 2.45) is 5.73 Å². The molecule has 0 spiro atoms. The summed E-state index contributed by atoms with van der Waals surface area (Å²) in [7, 11) is 0. The van der Waals surface area contributed by atoms with Gasteiger partial charge in [-0.1, -0.05) is 0 Å². The minimum absolute atomic E-state index is 0.0123. The molecular weight excluding hydrogens is 276 g/mol. The lowest BCUT2D eigenvalue weighted by molar-refractivity contribution is -0.385. The summed E-state index contributed by atoms with van der Waals surface area (Å²) in [5.41, 5.74) is 3.84. The highest BCUT2D eigenvalue weighted by molar-refractivity contribution is 9.10. The van der Waals surface area contributed by atoms with Crippen LogP contribution in [0.5, 0.6) is 0 Å². The topological polar surface area (TPSA) is 82.0 Å². The first kappa shape index (κ1) is 11.9. The fourth-order valence-electron chi connectivity index (χ4n) is 1.10. The van der Waals surface area contributed by atoms with Crippen LogP contribution in [-0.4, -0.2) is 9.91 Å². The van der Waals surface area contributed by atoms with Crippen molar-refractivity contribution in [3.05, 3.63) is 32.0 Å². The first-order chi connectivity index (χ1) is 6.97. The van der Waals surface area contributed by atoms with Crippen molar-refractivity contribution in [2.75, 3.05) is 0 Å². The largest absolute Gasteiger partial charge is 0.326 e. The third-order valence-electron chi connectivity index (χ3n) is 1.71. The Morgan fingerprint density at radius 1 is 1.67 bits per heavy atom. The number of nitrogens with two attached hydrogens (primary N) is 1. The molecule has 1 heterocycles. The summed E-state index contributed by atoms with van der Waals surface area (Å²) >= 11 is 2.82. The molecule has 0 atom stereocenters. The Balaban J connectivity index is 3.45. The molecule has 1 rings (SSSR count). The van der Waals surface area contributed by atoms with Gasteiger partial charge in [-0.3, -0.25) is 10.1 Å². The summed E-state index contributed by atoms with van der Waals surface area (Å²) in [4.78, 5) is 13.3. The van der Waals surface area contributed by atoms with E-state index >= 15 is 0 Å². The highest BCUT2D eigenvalue weighted by Crippen LogP contribution is 2.30. The molecule has 0 saturated heterocycles. The van der Waals surface area contributed by atoms with Crippen LogP contribution in [0.4, 0.5) is 14.5 Å². The van der Waals surface area contributed by atoms with E-state index in [0.717, 1.165) is 6.07 Å². The second-order valence-corrected chi connectivity index (χ2v) is 3.40. The van der Waals surface area contributed by atoms with Crippen molar-refractivity contribution in [2.45, 2.75) is 13.0 Å². The molecular formula is C7H6BrF2N3O2. The summed E-state index contributed by atoms with van der Waals surface area (Å²) < 4.78 is 24.9. The van der Waals surface area contributed by atoms with Crippen molar-refractivity contribution >= 4 is 21.6 Å². The summed E-state index contributed by atoms with van der Waals surface area (Å²) in [6.07, 6.45) is -2.89. The molecule has 0 amide bonds. The van der Waals surface area contributed by atoms with Crippen LogP contribution in [0.25, 0.3) is 0 Å². The number of alkyl halides is 2. The highest BCUT2D eigenvalue weighted by Gasteiger charge is 2.24. The smallest absolute Gasteiger partial charge is 0.280 e. The minimum atomic E-state index is -2.89. The predicted molar refractivity (Wildman–Crippen MR) is 51.4 cm³/mol. The van der Waals surface area contributed by atoms with E-state index in [1.165, 1.54) is 0 Å². The summed E-state index contributed by atoms with van der Waals surface area (Å²) in [5, 5.41) is 10.6. The van der Waals surface area contributed by atoms with Gasteiger partial charge in [0.05, 0.1) is 10.5 Å². The zero-order valence-corrected chi connectivity index (χ0v) is 8.87. The van der Waals surface area contributed by atoms with Gasteiger partial charge < -0.3 is 5.73 Å². The van der Waals surface area contributed by atoms with Crippen LogP contribution in [0.3, 0.4) is 0 Å². The van der Waals surface area contributed by atoms with Crippen LogP contribution in [0.15, 0.2) is 10.7 Å². The predicted octanol–water partition coefficient (Wildman–Crippen LogP) is 2.15. The Morgan fingerprint density at radius 2 is 2.27 bits per heavy atom. The fraction of sp³-hybridized carbons (Fsp3) is 0.286. The van der Waals surface area contributed by atoms with Gasteiger partial charge in [0.25, 0.3) is 12.1 Å². The van der Waals surface area contributed by atoms with Gasteiger partial charge in [-0.2, -0.15) is 0 Å². The van der Waals surface area contributed by atoms with Crippen LogP contribution in [0.2, 0.25) is 0 Å². The molecule has 0 saturated carbocycles. The van der Waals surface area contributed by atoms with E-state index in [1.54, 1.807) is 0 Å². The molecule has 0 bridgehead atoms. The van der Waals surface area contributed by atoms with E-state index in [2.05, 4.69) is 20.9 Å². The second kappa shape index (κ2) is 4.58. The third kappa shape index (κ3) is 2.45. The maximum absolute atomic E-state index is 12.5. The monoisotopic (exact) mass is 281 g/mol. The van der Waals surface area contributed by atoms with E-state index in [-0.39, 0.29) is 16.7 Å². The Hall–Kier alpha value is -1.15. The molecule has 1 aromatic heterocycles. The lowest BCUT2D eigenvalue weighted by Gasteiger charge is -2.06. The molecule has 0 aliphatic carbocycles. The number of pyridine rings is 1. The molecule has 0 radical (unpaired) electrons. The van der Waals surface area contributed by atoms with Crippen molar-refractivity contribution < 1.29 is 13.7 Å². The zero-order chi connectivity index (χ0) is 11.6. The standard InChI is InChI=1S/C7H6BrF2N3O2/c8-5-1-4(13(14)15)3(2-11)6(12-5)7(9)10/h1,7H,2,11H2. The van der Waals surface area contributed by atoms with Gasteiger partial charge >= 0.3 is 0 Å². The molecule has 0 unspecified atom stereocenters. The Morgan fingerprint density at radius 3 is 2.67 bits per heavy atom. The molecule has 8 heteroatoms. The molecule has 0 aliphatic rings. The number of nitro groups is 1. The first-order valence-corrected chi connectivity index (χ1v) is 4.58. The molecule has 1 aromatic rings. The fourth-order valence-corrected chi connectivity index (χ4v) is 1.51. The van der Waals surface area contributed by atoms with Gasteiger partial charge in [0.1, 0.15) is 10.3 Å². The lowest BCUT2D eigenvalue weighted by atomic mass is 10.1. The lowest BCUT2D eigenvalue weighted by Crippen LogP contribution is -2.08. The summed E-state index contributed by atoms with van der Waals surface area (Å²) in [5.74, 6) is 0. The van der Waals surface area contributed by atoms with E-state index in [4.69, 9.17) is 5.73 Å². The molecule has 2 N–H and O–H groups in total. The van der Waals surface area contributed by atoms with Gasteiger partial charge in [0.2, 0.25) is 0 Å². The molecule has 15 heavy (non-hydrogen) atoms. The summed E-state index contributed by atoms with van der Waals surface area (Å²) in [6, 6.07) is 1.05. The zero-order valence-electron chi connectivity index (χ0n) is 7.28. The number of rotatable bonds is 3. The van der Waals surface area contributed by atoms with E-state index in [0.29, 0.717) is 0 Å². The molecule has 0 aliphatic heterocycles. The molecule has 82 valence electrons. The number of nitrogens with zero attached hydrogens (tertiary/aromatic N) is 2. The number of hydrogen-bond donors (Lipinski definition) is 1. The average molecular weight is 282 g/mol. The quantitative estimate of drug-likeness (QED) is 0.523. The van der Waals surface area contributed by atoms with E-state index in [9.17, 15) is 18.9 Å². The summed E-state index contributed by atoms with van der Waals surface area (Å²) in [6.45, 7) is -0.351. The number of hydrogen-bond acceptors (Lipinski definition) is 4. The van der Waals surface area contributed by atoms with Gasteiger partial charge in [0.15, 0.2) is 0 Å². The van der Waals surface area contributed by atoms with Crippen LogP contribution >= 0.6 is 15.9 Å². The van der Waals surface area contributed by atoms with Gasteiger partial charge in [0, 0.05) is 12.6 Å². The van der Waals surface area contributed by atoms with Gasteiger partial charge in [-0.15, -0.1) is 0 Å². The SMILES string of the molecule is NCc1c([N+](=O)[O-])cc(Br)nc1C(F)F. The van der Waals surface area contributed by atoms with Crippen LogP contribution in [-0.2, 0) is 6.54 Å². The van der Waals surface area contributed by atoms with Crippen molar-refractivity contribution in [3.63, 3.8) is 0 Å². The first-order valence-electron chi connectivity index (χ1n) is 3.79. The van der Waals surface area contributed by atoms with Crippen molar-refractivity contribution in [3.8, 4) is 0 Å². The maximum Gasteiger partial charge on any atom is 0.280 e. The minimum Gasteiger partial charge on any atom is -0.326 e. The molecule has 0 aromatic carbocycles. The Labute approximate surface area is 91.6 Å². The molecule has 0 fully saturated rings. The highest BCUT2D eigenvalue weighted by atomic mass is 79.9. The Bertz CT molecular complexity index is 400. The van der Waals surface area contributed by atoms with Gasteiger partial charge in [-0.05, 0) is 15.9 Å². The normalized spacial score (nSPS) is 10.7. The number of halogens is 3. The maximum atomic E-state index is 12.5. The second-order valence-electron chi connectivity index (χ2n) is 2.59. The van der Waals surface area contributed by atoms with Crippen molar-refractivity contribution in [1.29, 1.82) is 0 Å². The van der Waals surface area contributed by atoms with E-state index < -0.39 is 22.7 Å². The van der Waals surface area contributed by atoms with Gasteiger partial charge in [-0.25, -0.2) is 13.8 Å². The van der Waals surface area contributed by atoms with Crippen LogP contribution < -0.4 is 5.73 Å². The molecule has 5 nitrogen and oxygen atoms in total. The Kier molecular flexibility index (Phi) is 3.64. The van der Waals surface area contributed by atoms with Crippen LogP contribution in [0.1, 0.15) is 17.7 Å². The van der Waals surface area contributed by atoms with Crippen LogP contribution in [0, 0.1) is 10.1 Å². The average Bonchev–Trinajstić information content (AvgIpc) is 2.16. The van der Waals surface area contributed by atoms with E-state index in [1.807, 2.05) is 0 Å².